The van der Waals surface area contributed by atoms with Crippen LogP contribution in [0.25, 0.3) is 20.7 Å². The van der Waals surface area contributed by atoms with Crippen LogP contribution in [-0.4, -0.2) is 9.97 Å². The first-order valence-corrected chi connectivity index (χ1v) is 10.3. The highest BCUT2D eigenvalue weighted by atomic mass is 32.2. The van der Waals surface area contributed by atoms with Crippen LogP contribution in [0.1, 0.15) is 18.0 Å². The summed E-state index contributed by atoms with van der Waals surface area (Å²) < 4.78 is 26.4. The fourth-order valence-corrected chi connectivity index (χ4v) is 5.30. The van der Waals surface area contributed by atoms with Crippen LogP contribution in [0.4, 0.5) is 8.78 Å². The van der Waals surface area contributed by atoms with E-state index in [1.165, 1.54) is 29.2 Å². The molecule has 0 fully saturated rings. The zero-order valence-corrected chi connectivity index (χ0v) is 15.9. The van der Waals surface area contributed by atoms with Crippen LogP contribution in [0.3, 0.4) is 0 Å². The van der Waals surface area contributed by atoms with E-state index in [0.29, 0.717) is 20.9 Å². The van der Waals surface area contributed by atoms with Gasteiger partial charge >= 0.3 is 0 Å². The second-order valence-corrected chi connectivity index (χ2v) is 8.81. The van der Waals surface area contributed by atoms with E-state index < -0.39 is 11.6 Å². The Morgan fingerprint density at radius 2 is 2.04 bits per heavy atom. The molecule has 0 bridgehead atoms. The van der Waals surface area contributed by atoms with E-state index in [-0.39, 0.29) is 10.8 Å². The topological polar surface area (TPSA) is 45.8 Å². The third-order valence-electron chi connectivity index (χ3n) is 3.84. The van der Waals surface area contributed by atoms with Gasteiger partial charge in [0.25, 0.3) is 5.56 Å². The van der Waals surface area contributed by atoms with Crippen molar-refractivity contribution in [2.75, 3.05) is 0 Å². The monoisotopic (exact) mass is 406 g/mol. The molecule has 0 aliphatic heterocycles. The lowest BCUT2D eigenvalue weighted by Crippen LogP contribution is -2.12. The molecule has 0 saturated heterocycles. The molecule has 3 nitrogen and oxygen atoms in total. The summed E-state index contributed by atoms with van der Waals surface area (Å²) in [5.74, 6) is -1.26. The second kappa shape index (κ2) is 6.94. The average Bonchev–Trinajstić information content (AvgIpc) is 3.27. The number of thioether (sulfide) groups is 1. The van der Waals surface area contributed by atoms with Crippen molar-refractivity contribution in [3.63, 3.8) is 0 Å². The van der Waals surface area contributed by atoms with Gasteiger partial charge < -0.3 is 4.98 Å². The van der Waals surface area contributed by atoms with E-state index >= 15 is 0 Å². The van der Waals surface area contributed by atoms with Gasteiger partial charge in [-0.1, -0.05) is 6.07 Å². The van der Waals surface area contributed by atoms with E-state index in [1.54, 1.807) is 11.3 Å². The van der Waals surface area contributed by atoms with Crippen LogP contribution in [0, 0.1) is 11.6 Å². The van der Waals surface area contributed by atoms with Crippen molar-refractivity contribution in [1.29, 1.82) is 0 Å². The standard InChI is InChI=1S/C18H12F2N2OS3/c1-9(26-10-4-5-12(19)13(20)7-10)16-21-17(23)15-11(8-25-18(15)22-16)14-3-2-6-24-14/h2-9H,1H3,(H,21,22,23). The molecule has 0 saturated carbocycles. The Morgan fingerprint density at radius 1 is 1.19 bits per heavy atom. The first kappa shape index (κ1) is 17.4. The molecule has 4 rings (SSSR count). The van der Waals surface area contributed by atoms with E-state index in [1.807, 2.05) is 29.8 Å². The first-order valence-electron chi connectivity index (χ1n) is 7.70. The van der Waals surface area contributed by atoms with Crippen molar-refractivity contribution in [1.82, 2.24) is 9.97 Å². The minimum absolute atomic E-state index is 0.188. The van der Waals surface area contributed by atoms with E-state index in [2.05, 4.69) is 9.97 Å². The largest absolute Gasteiger partial charge is 0.309 e. The summed E-state index contributed by atoms with van der Waals surface area (Å²) in [7, 11) is 0. The molecule has 8 heteroatoms. The highest BCUT2D eigenvalue weighted by molar-refractivity contribution is 7.99. The van der Waals surface area contributed by atoms with Crippen LogP contribution >= 0.6 is 34.4 Å². The molecule has 1 atom stereocenters. The number of benzene rings is 1. The van der Waals surface area contributed by atoms with Crippen molar-refractivity contribution >= 4 is 44.7 Å². The molecule has 132 valence electrons. The van der Waals surface area contributed by atoms with Crippen molar-refractivity contribution < 1.29 is 8.78 Å². The quantitative estimate of drug-likeness (QED) is 0.433. The maximum Gasteiger partial charge on any atom is 0.260 e. The Labute approximate surface area is 159 Å². The zero-order valence-electron chi connectivity index (χ0n) is 13.5. The molecule has 3 heterocycles. The van der Waals surface area contributed by atoms with Gasteiger partial charge in [-0.15, -0.1) is 34.4 Å². The van der Waals surface area contributed by atoms with Gasteiger partial charge in [0, 0.05) is 20.7 Å². The Bertz CT molecular complexity index is 1140. The van der Waals surface area contributed by atoms with Crippen LogP contribution in [0.15, 0.2) is 50.8 Å². The van der Waals surface area contributed by atoms with Crippen LogP contribution in [0.5, 0.6) is 0 Å². The molecule has 0 radical (unpaired) electrons. The fraction of sp³-hybridized carbons (Fsp3) is 0.111. The van der Waals surface area contributed by atoms with Gasteiger partial charge in [-0.2, -0.15) is 0 Å². The number of hydrogen-bond acceptors (Lipinski definition) is 5. The number of aromatic nitrogens is 2. The number of thiophene rings is 2. The molecule has 3 aromatic heterocycles. The van der Waals surface area contributed by atoms with Crippen LogP contribution in [-0.2, 0) is 0 Å². The third kappa shape index (κ3) is 3.20. The van der Waals surface area contributed by atoms with E-state index in [0.717, 1.165) is 22.6 Å². The highest BCUT2D eigenvalue weighted by Crippen LogP contribution is 2.36. The average molecular weight is 407 g/mol. The molecule has 1 unspecified atom stereocenters. The summed E-state index contributed by atoms with van der Waals surface area (Å²) >= 11 is 4.31. The summed E-state index contributed by atoms with van der Waals surface area (Å²) in [6.45, 7) is 1.86. The number of nitrogens with one attached hydrogen (secondary N) is 1. The summed E-state index contributed by atoms with van der Waals surface area (Å²) in [5.41, 5.74) is 0.702. The Balaban J connectivity index is 1.69. The Kier molecular flexibility index (Phi) is 4.64. The molecule has 1 N–H and O–H groups in total. The number of rotatable bonds is 4. The minimum Gasteiger partial charge on any atom is -0.309 e. The van der Waals surface area contributed by atoms with Gasteiger partial charge in [-0.25, -0.2) is 13.8 Å². The highest BCUT2D eigenvalue weighted by Gasteiger charge is 2.17. The van der Waals surface area contributed by atoms with Crippen molar-refractivity contribution in [3.05, 3.63) is 68.9 Å². The molecule has 4 aromatic rings. The lowest BCUT2D eigenvalue weighted by molar-refractivity contribution is 0.506. The maximum atomic E-state index is 13.4. The number of H-pyrrole nitrogens is 1. The van der Waals surface area contributed by atoms with Crippen LogP contribution in [0.2, 0.25) is 0 Å². The third-order valence-corrected chi connectivity index (χ3v) is 6.72. The van der Waals surface area contributed by atoms with Crippen LogP contribution < -0.4 is 5.56 Å². The summed E-state index contributed by atoms with van der Waals surface area (Å²) in [6.07, 6.45) is 0. The molecule has 26 heavy (non-hydrogen) atoms. The normalized spacial score (nSPS) is 12.6. The molecule has 0 aliphatic rings. The molecule has 0 spiro atoms. The van der Waals surface area contributed by atoms with E-state index in [4.69, 9.17) is 0 Å². The molecular weight excluding hydrogens is 394 g/mol. The number of fused-ring (bicyclic) bond motifs is 1. The predicted octanol–water partition coefficient (Wildman–Crippen LogP) is 5.84. The molecular formula is C18H12F2N2OS3. The lowest BCUT2D eigenvalue weighted by Gasteiger charge is -2.11. The van der Waals surface area contributed by atoms with Crippen molar-refractivity contribution in [2.24, 2.45) is 0 Å². The van der Waals surface area contributed by atoms with Gasteiger partial charge in [0.1, 0.15) is 10.7 Å². The number of hydrogen-bond donors (Lipinski definition) is 1. The van der Waals surface area contributed by atoms with Gasteiger partial charge in [-0.05, 0) is 36.6 Å². The van der Waals surface area contributed by atoms with Crippen molar-refractivity contribution in [2.45, 2.75) is 17.1 Å². The van der Waals surface area contributed by atoms with Gasteiger partial charge in [0.15, 0.2) is 11.6 Å². The second-order valence-electron chi connectivity index (χ2n) is 5.59. The number of halogens is 2. The number of nitrogens with zero attached hydrogens (tertiary/aromatic N) is 1. The maximum absolute atomic E-state index is 13.4. The fourth-order valence-electron chi connectivity index (χ4n) is 2.58. The minimum atomic E-state index is -0.891. The van der Waals surface area contributed by atoms with Gasteiger partial charge in [-0.3, -0.25) is 4.79 Å². The summed E-state index contributed by atoms with van der Waals surface area (Å²) in [5, 5.41) is 4.28. The molecule has 0 amide bonds. The van der Waals surface area contributed by atoms with Gasteiger partial charge in [0.2, 0.25) is 0 Å². The molecule has 1 aromatic carbocycles. The SMILES string of the molecule is CC(Sc1ccc(F)c(F)c1)c1nc2scc(-c3cccs3)c2c(=O)[nH]1. The first-order chi connectivity index (χ1) is 12.5. The lowest BCUT2D eigenvalue weighted by atomic mass is 10.2. The summed E-state index contributed by atoms with van der Waals surface area (Å²) in [6, 6.07) is 7.67. The number of aromatic amines is 1. The van der Waals surface area contributed by atoms with Gasteiger partial charge in [0.05, 0.1) is 10.6 Å². The molecule has 0 aliphatic carbocycles. The van der Waals surface area contributed by atoms with Crippen molar-refractivity contribution in [3.8, 4) is 10.4 Å². The van der Waals surface area contributed by atoms with E-state index in [9.17, 15) is 13.6 Å². The predicted molar refractivity (Wildman–Crippen MR) is 104 cm³/mol. The Hall–Kier alpha value is -2.03. The summed E-state index contributed by atoms with van der Waals surface area (Å²) in [4.78, 5) is 22.3. The smallest absolute Gasteiger partial charge is 0.260 e. The Morgan fingerprint density at radius 3 is 2.77 bits per heavy atom. The zero-order chi connectivity index (χ0) is 18.3.